The van der Waals surface area contributed by atoms with Gasteiger partial charge in [-0.15, -0.1) is 0 Å². The van der Waals surface area contributed by atoms with Crippen LogP contribution in [0.15, 0.2) is 30.3 Å². The molecule has 4 nitrogen and oxygen atoms in total. The van der Waals surface area contributed by atoms with Gasteiger partial charge in [0.1, 0.15) is 0 Å². The van der Waals surface area contributed by atoms with Crippen LogP contribution < -0.4 is 5.32 Å². The lowest BCUT2D eigenvalue weighted by Crippen LogP contribution is -2.29. The second kappa shape index (κ2) is 4.15. The summed E-state index contributed by atoms with van der Waals surface area (Å²) < 4.78 is 0. The molecule has 13 heavy (non-hydrogen) atoms. The second-order valence-electron chi connectivity index (χ2n) is 2.29. The molecule has 0 fully saturated rings. The van der Waals surface area contributed by atoms with Crippen molar-refractivity contribution in [1.29, 1.82) is 0 Å². The highest BCUT2D eigenvalue weighted by molar-refractivity contribution is 6.44. The number of nitrogens with one attached hydrogen (secondary N) is 1. The molecule has 0 saturated heterocycles. The Hall–Kier alpha value is -1.97. The minimum atomic E-state index is -0.916. The molecule has 4 heteroatoms. The fourth-order valence-corrected chi connectivity index (χ4v) is 0.840. The van der Waals surface area contributed by atoms with Crippen LogP contribution in [0.2, 0.25) is 0 Å². The highest BCUT2D eigenvalue weighted by Crippen LogP contribution is 1.99. The van der Waals surface area contributed by atoms with E-state index in [1.165, 1.54) is 12.1 Å². The number of rotatable bonds is 3. The first kappa shape index (κ1) is 9.12. The molecule has 66 valence electrons. The summed E-state index contributed by atoms with van der Waals surface area (Å²) in [5.41, 5.74) is 0.266. The Labute approximate surface area is 74.6 Å². The molecule has 0 heterocycles. The number of ketones is 1. The lowest BCUT2D eigenvalue weighted by molar-refractivity contribution is -0.122. The maximum Gasteiger partial charge on any atom is 0.298 e. The maximum atomic E-state index is 11.2. The smallest absolute Gasteiger partial charge is 0.292 e. The summed E-state index contributed by atoms with van der Waals surface area (Å²) in [7, 11) is 0. The summed E-state index contributed by atoms with van der Waals surface area (Å²) in [6, 6.07) is 8.02. The molecule has 0 saturated carbocycles. The molecule has 2 amide bonds. The van der Waals surface area contributed by atoms with Crippen molar-refractivity contribution < 1.29 is 14.4 Å². The molecule has 0 aliphatic carbocycles. The summed E-state index contributed by atoms with van der Waals surface area (Å²) in [5.74, 6) is -1.63. The molecule has 1 N–H and O–H groups in total. The van der Waals surface area contributed by atoms with Gasteiger partial charge >= 0.3 is 0 Å². The molecule has 1 rings (SSSR count). The van der Waals surface area contributed by atoms with E-state index in [1.807, 2.05) is 0 Å². The monoisotopic (exact) mass is 177 g/mol. The van der Waals surface area contributed by atoms with Gasteiger partial charge in [0.2, 0.25) is 6.41 Å². The molecule has 0 aliphatic heterocycles. The zero-order valence-corrected chi connectivity index (χ0v) is 6.69. The van der Waals surface area contributed by atoms with Gasteiger partial charge < -0.3 is 0 Å². The van der Waals surface area contributed by atoms with Crippen molar-refractivity contribution in [3.63, 3.8) is 0 Å². The van der Waals surface area contributed by atoms with Crippen LogP contribution in [0.3, 0.4) is 0 Å². The van der Waals surface area contributed by atoms with Crippen molar-refractivity contribution in [2.75, 3.05) is 0 Å². The Morgan fingerprint density at radius 3 is 2.31 bits per heavy atom. The largest absolute Gasteiger partial charge is 0.298 e. The lowest BCUT2D eigenvalue weighted by atomic mass is 10.1. The highest BCUT2D eigenvalue weighted by Gasteiger charge is 2.13. The first-order valence-corrected chi connectivity index (χ1v) is 3.59. The molecule has 0 aliphatic rings. The van der Waals surface area contributed by atoms with E-state index in [9.17, 15) is 14.4 Å². The van der Waals surface area contributed by atoms with E-state index in [2.05, 4.69) is 0 Å². The van der Waals surface area contributed by atoms with E-state index in [1.54, 1.807) is 23.5 Å². The van der Waals surface area contributed by atoms with Gasteiger partial charge in [0, 0.05) is 5.56 Å². The molecule has 0 aromatic heterocycles. The van der Waals surface area contributed by atoms with E-state index in [-0.39, 0.29) is 12.0 Å². The van der Waals surface area contributed by atoms with Crippen LogP contribution in [0.4, 0.5) is 0 Å². The van der Waals surface area contributed by atoms with Crippen LogP contribution in [-0.2, 0) is 9.59 Å². The minimum absolute atomic E-state index is 0.184. The summed E-state index contributed by atoms with van der Waals surface area (Å²) in [6.45, 7) is 0. The summed E-state index contributed by atoms with van der Waals surface area (Å²) >= 11 is 0. The number of amides is 2. The van der Waals surface area contributed by atoms with E-state index >= 15 is 0 Å². The standard InChI is InChI=1S/C9H7NO3/c11-6-10-9(13)8(12)7-4-2-1-3-5-7/h1-6H,(H,10,11,13). The van der Waals surface area contributed by atoms with Crippen LogP contribution in [-0.4, -0.2) is 18.1 Å². The van der Waals surface area contributed by atoms with Crippen LogP contribution in [0.1, 0.15) is 10.4 Å². The second-order valence-corrected chi connectivity index (χ2v) is 2.29. The van der Waals surface area contributed by atoms with E-state index in [0.29, 0.717) is 0 Å². The third-order valence-corrected chi connectivity index (χ3v) is 1.43. The van der Waals surface area contributed by atoms with Gasteiger partial charge in [-0.25, -0.2) is 0 Å². The topological polar surface area (TPSA) is 63.2 Å². The van der Waals surface area contributed by atoms with Crippen molar-refractivity contribution in [2.24, 2.45) is 0 Å². The van der Waals surface area contributed by atoms with Gasteiger partial charge in [0.25, 0.3) is 11.7 Å². The number of imide groups is 1. The summed E-state index contributed by atoms with van der Waals surface area (Å²) in [6.07, 6.45) is 0.184. The first-order chi connectivity index (χ1) is 6.25. The zero-order chi connectivity index (χ0) is 9.68. The summed E-state index contributed by atoms with van der Waals surface area (Å²) in [5, 5.41) is 1.77. The van der Waals surface area contributed by atoms with E-state index in [4.69, 9.17) is 0 Å². The number of benzene rings is 1. The minimum Gasteiger partial charge on any atom is -0.292 e. The Kier molecular flexibility index (Phi) is 2.92. The van der Waals surface area contributed by atoms with Gasteiger partial charge in [-0.05, 0) is 0 Å². The number of hydrogen-bond acceptors (Lipinski definition) is 3. The molecule has 0 bridgehead atoms. The zero-order valence-electron chi connectivity index (χ0n) is 6.69. The third kappa shape index (κ3) is 2.23. The van der Waals surface area contributed by atoms with Crippen molar-refractivity contribution in [1.82, 2.24) is 5.32 Å². The maximum absolute atomic E-state index is 11.2. The average molecular weight is 177 g/mol. The van der Waals surface area contributed by atoms with Gasteiger partial charge in [0.15, 0.2) is 0 Å². The number of Topliss-reactive ketones (excluding diaryl/α,β-unsaturated/α-hetero) is 1. The predicted octanol–water partition coefficient (Wildman–Crippen LogP) is 0.142. The summed E-state index contributed by atoms with van der Waals surface area (Å²) in [4.78, 5) is 31.9. The van der Waals surface area contributed by atoms with Gasteiger partial charge in [0.05, 0.1) is 0 Å². The Morgan fingerprint density at radius 2 is 1.77 bits per heavy atom. The van der Waals surface area contributed by atoms with Gasteiger partial charge in [-0.2, -0.15) is 0 Å². The van der Waals surface area contributed by atoms with Crippen LogP contribution in [0, 0.1) is 0 Å². The Bertz CT molecular complexity index is 332. The fraction of sp³-hybridized carbons (Fsp3) is 0. The first-order valence-electron chi connectivity index (χ1n) is 3.59. The average Bonchev–Trinajstić information content (AvgIpc) is 2.18. The molecular weight excluding hydrogens is 170 g/mol. The Morgan fingerprint density at radius 1 is 1.15 bits per heavy atom. The molecule has 0 spiro atoms. The van der Waals surface area contributed by atoms with Crippen molar-refractivity contribution in [3.8, 4) is 0 Å². The van der Waals surface area contributed by atoms with Crippen molar-refractivity contribution >= 4 is 18.1 Å². The molecular formula is C9H7NO3. The SMILES string of the molecule is O=CNC(=O)C(=O)c1ccccc1. The van der Waals surface area contributed by atoms with Crippen LogP contribution >= 0.6 is 0 Å². The van der Waals surface area contributed by atoms with Crippen molar-refractivity contribution in [3.05, 3.63) is 35.9 Å². The van der Waals surface area contributed by atoms with E-state index < -0.39 is 11.7 Å². The van der Waals surface area contributed by atoms with Gasteiger partial charge in [-0.3, -0.25) is 19.7 Å². The van der Waals surface area contributed by atoms with Crippen molar-refractivity contribution in [2.45, 2.75) is 0 Å². The fourth-order valence-electron chi connectivity index (χ4n) is 0.840. The van der Waals surface area contributed by atoms with E-state index in [0.717, 1.165) is 0 Å². The highest BCUT2D eigenvalue weighted by atomic mass is 16.2. The number of carbonyl (C=O) groups is 3. The quantitative estimate of drug-likeness (QED) is 0.406. The number of hydrogen-bond donors (Lipinski definition) is 1. The van der Waals surface area contributed by atoms with Crippen LogP contribution in [0.5, 0.6) is 0 Å². The normalized spacial score (nSPS) is 8.92. The third-order valence-electron chi connectivity index (χ3n) is 1.43. The molecule has 1 aromatic carbocycles. The molecule has 0 atom stereocenters. The Balaban J connectivity index is 2.80. The number of carbonyl (C=O) groups excluding carboxylic acids is 3. The van der Waals surface area contributed by atoms with Crippen LogP contribution in [0.25, 0.3) is 0 Å². The molecule has 0 unspecified atom stereocenters. The van der Waals surface area contributed by atoms with Gasteiger partial charge in [-0.1, -0.05) is 30.3 Å². The lowest BCUT2D eigenvalue weighted by Gasteiger charge is -1.96. The molecule has 1 aromatic rings. The molecule has 0 radical (unpaired) electrons. The predicted molar refractivity (Wildman–Crippen MR) is 45.0 cm³/mol.